The molecule has 9 heteroatoms. The van der Waals surface area contributed by atoms with Crippen LogP contribution in [0, 0.1) is 11.8 Å². The smallest absolute Gasteiger partial charge is 0.147 e. The summed E-state index contributed by atoms with van der Waals surface area (Å²) in [5, 5.41) is 6.86. The quantitative estimate of drug-likeness (QED) is 0.194. The Balaban J connectivity index is 1.40. The van der Waals surface area contributed by atoms with Crippen LogP contribution >= 0.6 is 9.24 Å². The van der Waals surface area contributed by atoms with Crippen LogP contribution in [0.15, 0.2) is 55.7 Å². The highest BCUT2D eigenvalue weighted by molar-refractivity contribution is 7.27. The number of allylic oxidation sites excluding steroid dienone is 1. The van der Waals surface area contributed by atoms with E-state index >= 15 is 0 Å². The molecule has 37 heavy (non-hydrogen) atoms. The van der Waals surface area contributed by atoms with E-state index in [0.717, 1.165) is 51.5 Å². The standard InChI is InChI=1S/C28H31BN7P/c1-4-16(2)34-14-20(12-24(34)17(3)29)36-23-9-10-31-28(30)27(23)21(33-36)8-5-18-11-22-25(13-26(18)37)35(15-32-22)19-6-7-19/h4,9-11,13,15,17,19-20,24H,1-2,6-7,12,14,29,37H2,3H3,(H2,30,31)/t17?,20-,24?/m0/s1. The average molecular weight is 507 g/mol. The lowest BCUT2D eigenvalue weighted by Gasteiger charge is -2.29. The van der Waals surface area contributed by atoms with Gasteiger partial charge >= 0.3 is 0 Å². The molecule has 1 saturated carbocycles. The summed E-state index contributed by atoms with van der Waals surface area (Å²) in [6.07, 6.45) is 8.94. The van der Waals surface area contributed by atoms with Crippen LogP contribution in [0.5, 0.6) is 0 Å². The van der Waals surface area contributed by atoms with Crippen LogP contribution in [-0.2, 0) is 0 Å². The fourth-order valence-electron chi connectivity index (χ4n) is 5.55. The Morgan fingerprint density at radius 2 is 2.05 bits per heavy atom. The van der Waals surface area contributed by atoms with Gasteiger partial charge in [-0.2, -0.15) is 5.10 Å². The first kappa shape index (κ1) is 23.8. The lowest BCUT2D eigenvalue weighted by atomic mass is 9.81. The lowest BCUT2D eigenvalue weighted by Crippen LogP contribution is -2.30. The fourth-order valence-corrected chi connectivity index (χ4v) is 5.86. The molecule has 4 atom stereocenters. The van der Waals surface area contributed by atoms with Gasteiger partial charge < -0.3 is 15.2 Å². The predicted octanol–water partition coefficient (Wildman–Crippen LogP) is 3.35. The summed E-state index contributed by atoms with van der Waals surface area (Å²) < 4.78 is 4.36. The van der Waals surface area contributed by atoms with E-state index in [9.17, 15) is 0 Å². The van der Waals surface area contributed by atoms with Crippen LogP contribution < -0.4 is 11.0 Å². The molecule has 4 heterocycles. The normalized spacial score (nSPS) is 20.2. The molecule has 1 aromatic carbocycles. The molecule has 1 aliphatic carbocycles. The zero-order valence-corrected chi connectivity index (χ0v) is 22.5. The fraction of sp³-hybridized carbons (Fsp3) is 0.321. The maximum Gasteiger partial charge on any atom is 0.147 e. The highest BCUT2D eigenvalue weighted by atomic mass is 31.0. The summed E-state index contributed by atoms with van der Waals surface area (Å²) in [6.45, 7) is 11.2. The van der Waals surface area contributed by atoms with Crippen molar-refractivity contribution in [2.75, 3.05) is 12.3 Å². The Bertz CT molecular complexity index is 1620. The molecule has 1 saturated heterocycles. The highest BCUT2D eigenvalue weighted by Crippen LogP contribution is 2.38. The number of hydrogen-bond acceptors (Lipinski definition) is 5. The molecule has 0 amide bonds. The molecule has 186 valence electrons. The van der Waals surface area contributed by atoms with Gasteiger partial charge in [-0.25, -0.2) is 9.97 Å². The summed E-state index contributed by atoms with van der Waals surface area (Å²) in [7, 11) is 5.07. The molecule has 1 aliphatic heterocycles. The zero-order valence-electron chi connectivity index (χ0n) is 21.4. The van der Waals surface area contributed by atoms with Crippen LogP contribution in [0.3, 0.4) is 0 Å². The van der Waals surface area contributed by atoms with Crippen molar-refractivity contribution in [2.24, 2.45) is 0 Å². The largest absolute Gasteiger partial charge is 0.383 e. The van der Waals surface area contributed by atoms with Gasteiger partial charge in [-0.1, -0.05) is 31.8 Å². The number of nitrogen functional groups attached to an aromatic ring is 1. The Morgan fingerprint density at radius 3 is 2.78 bits per heavy atom. The Labute approximate surface area is 220 Å². The van der Waals surface area contributed by atoms with E-state index in [1.165, 1.54) is 12.8 Å². The molecule has 0 radical (unpaired) electrons. The third-order valence-corrected chi connectivity index (χ3v) is 8.17. The van der Waals surface area contributed by atoms with Crippen molar-refractivity contribution in [1.29, 1.82) is 0 Å². The van der Waals surface area contributed by atoms with E-state index in [1.807, 2.05) is 18.5 Å². The average Bonchev–Trinajstić information content (AvgIpc) is 3.32. The van der Waals surface area contributed by atoms with E-state index in [0.29, 0.717) is 29.4 Å². The predicted molar refractivity (Wildman–Crippen MR) is 157 cm³/mol. The number of aromatic nitrogens is 5. The first-order valence-electron chi connectivity index (χ1n) is 12.8. The molecule has 2 fully saturated rings. The minimum Gasteiger partial charge on any atom is -0.383 e. The van der Waals surface area contributed by atoms with Gasteiger partial charge in [0.15, 0.2) is 0 Å². The second-order valence-electron chi connectivity index (χ2n) is 10.5. The lowest BCUT2D eigenvalue weighted by molar-refractivity contribution is 0.320. The number of imidazole rings is 1. The van der Waals surface area contributed by atoms with Crippen LogP contribution in [0.4, 0.5) is 5.82 Å². The SMILES string of the molecule is BC(C)C1C[C@H](n2nc(C#Cc3cc4ncn(C5CC5)c4cc3P)c3c(N)nccc32)CN1C(=C)C=C. The van der Waals surface area contributed by atoms with Gasteiger partial charge in [0.25, 0.3) is 0 Å². The monoisotopic (exact) mass is 507 g/mol. The van der Waals surface area contributed by atoms with Crippen molar-refractivity contribution in [1.82, 2.24) is 29.2 Å². The van der Waals surface area contributed by atoms with Gasteiger partial charge in [0, 0.05) is 36.1 Å². The van der Waals surface area contributed by atoms with E-state index in [1.54, 1.807) is 6.20 Å². The topological polar surface area (TPSA) is 77.8 Å². The maximum atomic E-state index is 6.36. The minimum absolute atomic E-state index is 0.170. The molecular formula is C28H31BN7P. The Hall–Kier alpha value is -3.56. The van der Waals surface area contributed by atoms with Gasteiger partial charge in [0.05, 0.1) is 34.3 Å². The van der Waals surface area contributed by atoms with Crippen molar-refractivity contribution in [2.45, 2.75) is 50.1 Å². The third kappa shape index (κ3) is 4.12. The van der Waals surface area contributed by atoms with Crippen LogP contribution in [-0.4, -0.2) is 49.6 Å². The van der Waals surface area contributed by atoms with Gasteiger partial charge in [-0.05, 0) is 54.8 Å². The molecule has 6 rings (SSSR count). The number of hydrogen-bond donors (Lipinski definition) is 1. The van der Waals surface area contributed by atoms with E-state index in [2.05, 4.69) is 85.3 Å². The summed E-state index contributed by atoms with van der Waals surface area (Å²) in [4.78, 5) is 11.3. The van der Waals surface area contributed by atoms with Gasteiger partial charge in [0.1, 0.15) is 19.4 Å². The summed E-state index contributed by atoms with van der Waals surface area (Å²) in [6, 6.07) is 7.33. The number of fused-ring (bicyclic) bond motifs is 2. The first-order chi connectivity index (χ1) is 17.9. The van der Waals surface area contributed by atoms with Gasteiger partial charge in [0.2, 0.25) is 0 Å². The summed E-state index contributed by atoms with van der Waals surface area (Å²) in [5.74, 6) is 7.59. The number of anilines is 1. The number of benzene rings is 1. The Kier molecular flexibility index (Phi) is 5.84. The van der Waals surface area contributed by atoms with Crippen LogP contribution in [0.25, 0.3) is 21.9 Å². The van der Waals surface area contributed by atoms with Crippen molar-refractivity contribution >= 4 is 50.1 Å². The highest BCUT2D eigenvalue weighted by Gasteiger charge is 2.36. The molecule has 2 N–H and O–H groups in total. The van der Waals surface area contributed by atoms with Crippen molar-refractivity contribution in [3.63, 3.8) is 0 Å². The molecule has 3 aromatic heterocycles. The van der Waals surface area contributed by atoms with Crippen LogP contribution in [0.1, 0.15) is 49.5 Å². The number of nitrogens with zero attached hydrogens (tertiary/aromatic N) is 6. The van der Waals surface area contributed by atoms with E-state index < -0.39 is 0 Å². The van der Waals surface area contributed by atoms with E-state index in [4.69, 9.17) is 10.8 Å². The maximum absolute atomic E-state index is 6.36. The molecule has 0 spiro atoms. The number of pyridine rings is 1. The summed E-state index contributed by atoms with van der Waals surface area (Å²) in [5.41, 5.74) is 12.0. The first-order valence-corrected chi connectivity index (χ1v) is 13.4. The van der Waals surface area contributed by atoms with Crippen molar-refractivity contribution in [3.05, 3.63) is 66.9 Å². The third-order valence-electron chi connectivity index (χ3n) is 7.69. The molecule has 0 bridgehead atoms. The van der Waals surface area contributed by atoms with Crippen molar-refractivity contribution in [3.8, 4) is 11.8 Å². The molecule has 4 aromatic rings. The van der Waals surface area contributed by atoms with Gasteiger partial charge in [-0.15, -0.1) is 9.24 Å². The molecule has 2 aliphatic rings. The number of likely N-dealkylation sites (tertiary alicyclic amines) is 1. The second-order valence-corrected chi connectivity index (χ2v) is 11.1. The Morgan fingerprint density at radius 1 is 1.24 bits per heavy atom. The number of nitrogens with two attached hydrogens (primary N) is 1. The van der Waals surface area contributed by atoms with Crippen LogP contribution in [0.2, 0.25) is 5.82 Å². The molecule has 3 unspecified atom stereocenters. The zero-order chi connectivity index (χ0) is 25.8. The van der Waals surface area contributed by atoms with E-state index in [-0.39, 0.29) is 6.04 Å². The summed E-state index contributed by atoms with van der Waals surface area (Å²) >= 11 is 0. The van der Waals surface area contributed by atoms with Gasteiger partial charge in [-0.3, -0.25) is 4.68 Å². The number of rotatable bonds is 5. The second kappa shape index (κ2) is 9.08. The van der Waals surface area contributed by atoms with Crippen molar-refractivity contribution < 1.29 is 0 Å². The minimum atomic E-state index is 0.170. The molecular weight excluding hydrogens is 476 g/mol. The molecule has 7 nitrogen and oxygen atoms in total.